The molecule has 0 fully saturated rings. The lowest BCUT2D eigenvalue weighted by atomic mass is 10.0. The minimum Gasteiger partial charge on any atom is -0.456 e. The number of aromatic nitrogens is 1. The van der Waals surface area contributed by atoms with Gasteiger partial charge in [-0.1, -0.05) is 40.0 Å². The molecule has 0 aliphatic heterocycles. The fraction of sp³-hybridized carbons (Fsp3) is 0.375. The predicted octanol–water partition coefficient (Wildman–Crippen LogP) is 6.37. The third kappa shape index (κ3) is 4.43. The first-order valence-electron chi connectivity index (χ1n) is 7.07. The maximum atomic E-state index is 13.9. The second kappa shape index (κ2) is 6.74. The molecule has 0 bridgehead atoms. The molecule has 1 heterocycles. The lowest BCUT2D eigenvalue weighted by molar-refractivity contribution is -0.0164. The second-order valence-corrected chi connectivity index (χ2v) is 7.62. The SMILES string of the molecule is CC(C)(C)OC(=O)c1c(-c2c(Cl)cc(Cl)cc2Cl)noc1C(C)(F)F. The molecule has 0 saturated heterocycles. The maximum absolute atomic E-state index is 13.9. The summed E-state index contributed by atoms with van der Waals surface area (Å²) in [6, 6.07) is 2.70. The average Bonchev–Trinajstić information content (AvgIpc) is 2.79. The normalized spacial score (nSPS) is 12.4. The van der Waals surface area contributed by atoms with Crippen LogP contribution in [0.4, 0.5) is 8.78 Å². The fourth-order valence-corrected chi connectivity index (χ4v) is 3.04. The Morgan fingerprint density at radius 2 is 1.64 bits per heavy atom. The summed E-state index contributed by atoms with van der Waals surface area (Å²) in [7, 11) is 0. The van der Waals surface area contributed by atoms with E-state index in [9.17, 15) is 13.6 Å². The first-order valence-corrected chi connectivity index (χ1v) is 8.21. The van der Waals surface area contributed by atoms with Crippen LogP contribution >= 0.6 is 34.8 Å². The Balaban J connectivity index is 2.73. The molecule has 9 heteroatoms. The van der Waals surface area contributed by atoms with Crippen molar-refractivity contribution in [2.45, 2.75) is 39.2 Å². The quantitative estimate of drug-likeness (QED) is 0.550. The van der Waals surface area contributed by atoms with Crippen molar-refractivity contribution in [1.29, 1.82) is 0 Å². The number of ether oxygens (including phenoxy) is 1. The molecule has 4 nitrogen and oxygen atoms in total. The van der Waals surface area contributed by atoms with E-state index in [0.29, 0.717) is 6.92 Å². The van der Waals surface area contributed by atoms with Crippen LogP contribution in [0.1, 0.15) is 43.8 Å². The zero-order valence-electron chi connectivity index (χ0n) is 13.7. The minimum atomic E-state index is -3.47. The molecular weight excluding hydrogens is 399 g/mol. The first kappa shape index (κ1) is 19.9. The summed E-state index contributed by atoms with van der Waals surface area (Å²) in [5.41, 5.74) is -1.64. The monoisotopic (exact) mass is 411 g/mol. The lowest BCUT2D eigenvalue weighted by Gasteiger charge is -2.20. The number of carbonyl (C=O) groups excluding carboxylic acids is 1. The standard InChI is InChI=1S/C16H14Cl3F2NO3/c1-15(2,3)24-14(23)11-12(22-25-13(11)16(4,20)21)10-8(18)5-7(17)6-9(10)19/h5-6H,1-4H3. The number of nitrogens with zero attached hydrogens (tertiary/aromatic N) is 1. The Kier molecular flexibility index (Phi) is 5.38. The van der Waals surface area contributed by atoms with Gasteiger partial charge in [0.05, 0.1) is 10.0 Å². The summed E-state index contributed by atoms with van der Waals surface area (Å²) >= 11 is 18.1. The highest BCUT2D eigenvalue weighted by molar-refractivity contribution is 6.42. The molecule has 0 spiro atoms. The van der Waals surface area contributed by atoms with Gasteiger partial charge in [-0.25, -0.2) is 4.79 Å². The van der Waals surface area contributed by atoms with E-state index in [4.69, 9.17) is 44.1 Å². The maximum Gasteiger partial charge on any atom is 0.344 e. The summed E-state index contributed by atoms with van der Waals surface area (Å²) < 4.78 is 37.7. The van der Waals surface area contributed by atoms with Crippen molar-refractivity contribution in [3.63, 3.8) is 0 Å². The van der Waals surface area contributed by atoms with E-state index in [2.05, 4.69) is 5.16 Å². The van der Waals surface area contributed by atoms with E-state index in [0.717, 1.165) is 0 Å². The largest absolute Gasteiger partial charge is 0.456 e. The van der Waals surface area contributed by atoms with E-state index in [1.165, 1.54) is 12.1 Å². The zero-order chi connectivity index (χ0) is 19.2. The van der Waals surface area contributed by atoms with Gasteiger partial charge < -0.3 is 9.26 Å². The molecule has 0 saturated carbocycles. The van der Waals surface area contributed by atoms with Gasteiger partial charge in [-0.15, -0.1) is 0 Å². The van der Waals surface area contributed by atoms with Crippen LogP contribution in [0.2, 0.25) is 15.1 Å². The van der Waals surface area contributed by atoms with Gasteiger partial charge in [0.15, 0.2) is 0 Å². The van der Waals surface area contributed by atoms with Crippen molar-refractivity contribution < 1.29 is 22.8 Å². The van der Waals surface area contributed by atoms with Crippen molar-refractivity contribution in [3.05, 3.63) is 38.5 Å². The van der Waals surface area contributed by atoms with E-state index in [1.807, 2.05) is 0 Å². The van der Waals surface area contributed by atoms with Crippen molar-refractivity contribution >= 4 is 40.8 Å². The number of esters is 1. The van der Waals surface area contributed by atoms with Gasteiger partial charge in [0.25, 0.3) is 0 Å². The van der Waals surface area contributed by atoms with Crippen LogP contribution in [0.3, 0.4) is 0 Å². The van der Waals surface area contributed by atoms with Crippen LogP contribution in [0.15, 0.2) is 16.7 Å². The van der Waals surface area contributed by atoms with Crippen molar-refractivity contribution in [1.82, 2.24) is 5.16 Å². The van der Waals surface area contributed by atoms with Gasteiger partial charge in [0.2, 0.25) is 5.76 Å². The second-order valence-electron chi connectivity index (χ2n) is 6.37. The summed E-state index contributed by atoms with van der Waals surface area (Å²) in [6.45, 7) is 5.38. The first-order chi connectivity index (χ1) is 11.3. The van der Waals surface area contributed by atoms with Gasteiger partial charge in [-0.3, -0.25) is 0 Å². The van der Waals surface area contributed by atoms with E-state index >= 15 is 0 Å². The molecule has 1 aromatic heterocycles. The van der Waals surface area contributed by atoms with Crippen LogP contribution in [0, 0.1) is 0 Å². The molecule has 0 atom stereocenters. The van der Waals surface area contributed by atoms with Crippen LogP contribution in [0.25, 0.3) is 11.3 Å². The highest BCUT2D eigenvalue weighted by Gasteiger charge is 2.40. The zero-order valence-corrected chi connectivity index (χ0v) is 16.0. The number of rotatable bonds is 3. The predicted molar refractivity (Wildman–Crippen MR) is 91.7 cm³/mol. The molecule has 2 rings (SSSR count). The Morgan fingerprint density at radius 3 is 2.08 bits per heavy atom. The summed E-state index contributed by atoms with van der Waals surface area (Å²) in [5.74, 6) is -5.43. The molecule has 0 N–H and O–H groups in total. The van der Waals surface area contributed by atoms with E-state index in [-0.39, 0.29) is 26.3 Å². The van der Waals surface area contributed by atoms with Crippen molar-refractivity contribution in [2.24, 2.45) is 0 Å². The Labute approximate surface area is 158 Å². The summed E-state index contributed by atoms with van der Waals surface area (Å²) in [6.07, 6.45) is 0. The number of hydrogen-bond acceptors (Lipinski definition) is 4. The third-order valence-corrected chi connectivity index (χ3v) is 3.75. The molecule has 25 heavy (non-hydrogen) atoms. The lowest BCUT2D eigenvalue weighted by Crippen LogP contribution is -2.25. The van der Waals surface area contributed by atoms with E-state index < -0.39 is 28.8 Å². The molecular formula is C16H14Cl3F2NO3. The van der Waals surface area contributed by atoms with Gasteiger partial charge >= 0.3 is 11.9 Å². The number of halogens is 5. The third-order valence-electron chi connectivity index (χ3n) is 2.94. The highest BCUT2D eigenvalue weighted by atomic mass is 35.5. The molecule has 0 aliphatic carbocycles. The van der Waals surface area contributed by atoms with Gasteiger partial charge in [0, 0.05) is 17.5 Å². The van der Waals surface area contributed by atoms with Crippen LogP contribution < -0.4 is 0 Å². The Hall–Kier alpha value is -1.37. The van der Waals surface area contributed by atoms with Crippen LogP contribution in [-0.4, -0.2) is 16.7 Å². The molecule has 1 aromatic carbocycles. The summed E-state index contributed by atoms with van der Waals surface area (Å²) in [5, 5.41) is 3.88. The number of benzene rings is 1. The number of carbonyl (C=O) groups is 1. The average molecular weight is 413 g/mol. The number of hydrogen-bond donors (Lipinski definition) is 0. The fourth-order valence-electron chi connectivity index (χ4n) is 2.05. The molecule has 0 unspecified atom stereocenters. The topological polar surface area (TPSA) is 52.3 Å². The number of alkyl halides is 2. The van der Waals surface area contributed by atoms with Gasteiger partial charge in [0.1, 0.15) is 16.9 Å². The minimum absolute atomic E-state index is 0.0292. The molecule has 0 amide bonds. The molecule has 0 aliphatic rings. The Morgan fingerprint density at radius 1 is 1.12 bits per heavy atom. The molecule has 136 valence electrons. The smallest absolute Gasteiger partial charge is 0.344 e. The van der Waals surface area contributed by atoms with Crippen LogP contribution in [-0.2, 0) is 10.7 Å². The highest BCUT2D eigenvalue weighted by Crippen LogP contribution is 2.42. The van der Waals surface area contributed by atoms with Gasteiger partial charge in [-0.2, -0.15) is 8.78 Å². The molecule has 0 radical (unpaired) electrons. The summed E-state index contributed by atoms with van der Waals surface area (Å²) in [4.78, 5) is 12.5. The van der Waals surface area contributed by atoms with Gasteiger partial charge in [-0.05, 0) is 32.9 Å². The van der Waals surface area contributed by atoms with Crippen molar-refractivity contribution in [3.8, 4) is 11.3 Å². The van der Waals surface area contributed by atoms with Crippen LogP contribution in [0.5, 0.6) is 0 Å². The molecule has 2 aromatic rings. The van der Waals surface area contributed by atoms with Crippen molar-refractivity contribution in [2.75, 3.05) is 0 Å². The van der Waals surface area contributed by atoms with E-state index in [1.54, 1.807) is 20.8 Å². The Bertz CT molecular complexity index is 800.